The number of hydrogen-bond donors (Lipinski definition) is 2. The predicted octanol–water partition coefficient (Wildman–Crippen LogP) is 1.44. The molecule has 0 fully saturated rings. The van der Waals surface area contributed by atoms with E-state index in [1.807, 2.05) is 13.8 Å². The summed E-state index contributed by atoms with van der Waals surface area (Å²) in [4.78, 5) is 34.2. The second kappa shape index (κ2) is 8.09. The van der Waals surface area contributed by atoms with Crippen LogP contribution < -0.4 is 10.6 Å². The van der Waals surface area contributed by atoms with E-state index in [9.17, 15) is 19.7 Å². The van der Waals surface area contributed by atoms with Crippen LogP contribution >= 0.6 is 11.3 Å². The number of nitro groups is 1. The molecule has 2 amide bonds. The lowest BCUT2D eigenvalue weighted by atomic mass is 10.0. The number of nitrogens with zero attached hydrogens (tertiary/aromatic N) is 2. The van der Waals surface area contributed by atoms with E-state index in [2.05, 4.69) is 10.6 Å². The molecular formula is C13H16N4O4S. The molecule has 22 heavy (non-hydrogen) atoms. The molecule has 1 heterocycles. The highest BCUT2D eigenvalue weighted by atomic mass is 32.1. The number of carbonyl (C=O) groups is 2. The number of thiophene rings is 1. The van der Waals surface area contributed by atoms with E-state index < -0.39 is 22.8 Å². The minimum Gasteiger partial charge on any atom is -0.341 e. The van der Waals surface area contributed by atoms with E-state index in [0.717, 1.165) is 11.3 Å². The SMILES string of the molecule is CC(C)C[C@H](NC(=O)c1cc([N+](=O)[O-])cs1)C(=O)NCC#N. The van der Waals surface area contributed by atoms with Gasteiger partial charge in [-0.1, -0.05) is 13.8 Å². The van der Waals surface area contributed by atoms with Crippen molar-refractivity contribution >= 4 is 28.8 Å². The van der Waals surface area contributed by atoms with Crippen LogP contribution in [0.2, 0.25) is 0 Å². The first-order valence-electron chi connectivity index (χ1n) is 6.53. The maximum Gasteiger partial charge on any atom is 0.280 e. The first-order valence-corrected chi connectivity index (χ1v) is 7.41. The smallest absolute Gasteiger partial charge is 0.280 e. The summed E-state index contributed by atoms with van der Waals surface area (Å²) in [5.41, 5.74) is -0.163. The average Bonchev–Trinajstić information content (AvgIpc) is 2.93. The number of carbonyl (C=O) groups excluding carboxylic acids is 2. The number of hydrogen-bond acceptors (Lipinski definition) is 6. The molecule has 1 atom stereocenters. The Morgan fingerprint density at radius 2 is 2.18 bits per heavy atom. The van der Waals surface area contributed by atoms with Gasteiger partial charge in [0.05, 0.1) is 21.2 Å². The molecule has 0 radical (unpaired) electrons. The van der Waals surface area contributed by atoms with Gasteiger partial charge in [0.1, 0.15) is 12.6 Å². The Labute approximate surface area is 131 Å². The standard InChI is InChI=1S/C13H16N4O4S/c1-8(2)5-10(12(18)15-4-3-14)16-13(19)11-6-9(7-22-11)17(20)21/h6-8,10H,4-5H2,1-2H3,(H,15,18)(H,16,19)/t10-/m0/s1. The zero-order valence-electron chi connectivity index (χ0n) is 12.2. The van der Waals surface area contributed by atoms with Gasteiger partial charge in [0, 0.05) is 6.07 Å². The van der Waals surface area contributed by atoms with Crippen LogP contribution in [0.3, 0.4) is 0 Å². The van der Waals surface area contributed by atoms with Crippen LogP contribution in [0.5, 0.6) is 0 Å². The molecule has 1 rings (SSSR count). The lowest BCUT2D eigenvalue weighted by Gasteiger charge is -2.19. The molecule has 2 N–H and O–H groups in total. The Hall–Kier alpha value is -2.47. The van der Waals surface area contributed by atoms with Crippen LogP contribution in [0.15, 0.2) is 11.4 Å². The molecule has 0 bridgehead atoms. The fourth-order valence-electron chi connectivity index (χ4n) is 1.72. The van der Waals surface area contributed by atoms with Gasteiger partial charge >= 0.3 is 0 Å². The lowest BCUT2D eigenvalue weighted by molar-refractivity contribution is -0.384. The van der Waals surface area contributed by atoms with Crippen molar-refractivity contribution in [2.24, 2.45) is 5.92 Å². The zero-order chi connectivity index (χ0) is 16.7. The molecule has 0 unspecified atom stereocenters. The van der Waals surface area contributed by atoms with Gasteiger partial charge in [0.15, 0.2) is 0 Å². The van der Waals surface area contributed by atoms with Crippen molar-refractivity contribution in [1.82, 2.24) is 10.6 Å². The average molecular weight is 324 g/mol. The van der Waals surface area contributed by atoms with Gasteiger partial charge in [-0.3, -0.25) is 19.7 Å². The second-order valence-corrected chi connectivity index (χ2v) is 5.87. The molecule has 0 saturated heterocycles. The van der Waals surface area contributed by atoms with Gasteiger partial charge in [-0.25, -0.2) is 0 Å². The maximum absolute atomic E-state index is 12.1. The van der Waals surface area contributed by atoms with E-state index in [1.165, 1.54) is 11.4 Å². The van der Waals surface area contributed by atoms with E-state index in [1.54, 1.807) is 6.07 Å². The summed E-state index contributed by atoms with van der Waals surface area (Å²) in [5.74, 6) is -0.846. The van der Waals surface area contributed by atoms with E-state index in [-0.39, 0.29) is 23.0 Å². The third kappa shape index (κ3) is 5.14. The van der Waals surface area contributed by atoms with Crippen LogP contribution in [-0.4, -0.2) is 29.3 Å². The van der Waals surface area contributed by atoms with Crippen LogP contribution in [0, 0.1) is 27.4 Å². The van der Waals surface area contributed by atoms with Crippen molar-refractivity contribution in [3.63, 3.8) is 0 Å². The molecule has 0 spiro atoms. The van der Waals surface area contributed by atoms with Gasteiger partial charge in [0.2, 0.25) is 5.91 Å². The highest BCUT2D eigenvalue weighted by molar-refractivity contribution is 7.12. The molecule has 0 aromatic carbocycles. The minimum absolute atomic E-state index is 0.145. The quantitative estimate of drug-likeness (QED) is 0.446. The monoisotopic (exact) mass is 324 g/mol. The zero-order valence-corrected chi connectivity index (χ0v) is 13.0. The summed E-state index contributed by atoms with van der Waals surface area (Å²) in [6, 6.07) is 2.17. The number of nitrogens with one attached hydrogen (secondary N) is 2. The van der Waals surface area contributed by atoms with Gasteiger partial charge in [-0.15, -0.1) is 11.3 Å². The summed E-state index contributed by atoms with van der Waals surface area (Å²) in [5, 5.41) is 25.3. The topological polar surface area (TPSA) is 125 Å². The van der Waals surface area contributed by atoms with Crippen LogP contribution in [-0.2, 0) is 4.79 Å². The Balaban J connectivity index is 2.79. The van der Waals surface area contributed by atoms with Crippen LogP contribution in [0.4, 0.5) is 5.69 Å². The van der Waals surface area contributed by atoms with E-state index in [0.29, 0.717) is 6.42 Å². The maximum atomic E-state index is 12.1. The van der Waals surface area contributed by atoms with Crippen LogP contribution in [0.1, 0.15) is 29.9 Å². The number of nitriles is 1. The highest BCUT2D eigenvalue weighted by Gasteiger charge is 2.24. The molecule has 9 heteroatoms. The molecular weight excluding hydrogens is 308 g/mol. The minimum atomic E-state index is -0.790. The van der Waals surface area contributed by atoms with Crippen molar-refractivity contribution < 1.29 is 14.5 Å². The molecule has 1 aromatic rings. The van der Waals surface area contributed by atoms with E-state index >= 15 is 0 Å². The first kappa shape index (κ1) is 17.6. The Morgan fingerprint density at radius 3 is 2.68 bits per heavy atom. The lowest BCUT2D eigenvalue weighted by Crippen LogP contribution is -2.47. The second-order valence-electron chi connectivity index (χ2n) is 4.96. The van der Waals surface area contributed by atoms with Gasteiger partial charge in [-0.2, -0.15) is 5.26 Å². The summed E-state index contributed by atoms with van der Waals surface area (Å²) in [6.07, 6.45) is 0.399. The fourth-order valence-corrected chi connectivity index (χ4v) is 2.48. The molecule has 0 saturated carbocycles. The van der Waals surface area contributed by atoms with Crippen molar-refractivity contribution in [3.8, 4) is 6.07 Å². The molecule has 8 nitrogen and oxygen atoms in total. The van der Waals surface area contributed by atoms with Crippen LogP contribution in [0.25, 0.3) is 0 Å². The molecule has 0 aliphatic heterocycles. The Kier molecular flexibility index (Phi) is 6.47. The molecule has 0 aliphatic carbocycles. The predicted molar refractivity (Wildman–Crippen MR) is 80.3 cm³/mol. The van der Waals surface area contributed by atoms with Gasteiger partial charge in [0.25, 0.3) is 11.6 Å². The highest BCUT2D eigenvalue weighted by Crippen LogP contribution is 2.21. The third-order valence-corrected chi connectivity index (χ3v) is 3.61. The third-order valence-electron chi connectivity index (χ3n) is 2.69. The van der Waals surface area contributed by atoms with Crippen molar-refractivity contribution in [2.75, 3.05) is 6.54 Å². The number of amides is 2. The van der Waals surface area contributed by atoms with Crippen molar-refractivity contribution in [1.29, 1.82) is 5.26 Å². The summed E-state index contributed by atoms with van der Waals surface area (Å²) >= 11 is 0.939. The summed E-state index contributed by atoms with van der Waals surface area (Å²) < 4.78 is 0. The summed E-state index contributed by atoms with van der Waals surface area (Å²) in [7, 11) is 0. The first-order chi connectivity index (χ1) is 10.3. The largest absolute Gasteiger partial charge is 0.341 e. The summed E-state index contributed by atoms with van der Waals surface area (Å²) in [6.45, 7) is 3.65. The normalized spacial score (nSPS) is 11.5. The van der Waals surface area contributed by atoms with E-state index in [4.69, 9.17) is 5.26 Å². The number of rotatable bonds is 7. The van der Waals surface area contributed by atoms with Crippen molar-refractivity contribution in [3.05, 3.63) is 26.4 Å². The molecule has 1 aromatic heterocycles. The van der Waals surface area contributed by atoms with Gasteiger partial charge < -0.3 is 10.6 Å². The Bertz CT molecular complexity index is 605. The fraction of sp³-hybridized carbons (Fsp3) is 0.462. The van der Waals surface area contributed by atoms with Crippen molar-refractivity contribution in [2.45, 2.75) is 26.3 Å². The Morgan fingerprint density at radius 1 is 1.50 bits per heavy atom. The van der Waals surface area contributed by atoms with Gasteiger partial charge in [-0.05, 0) is 12.3 Å². The molecule has 118 valence electrons. The molecule has 0 aliphatic rings.